The zero-order valence-corrected chi connectivity index (χ0v) is 8.34. The molecule has 0 aliphatic rings. The minimum Gasteiger partial charge on any atom is -0.343 e. The maximum atomic E-state index is 11.3. The SMILES string of the molecule is CC[N]CCC(=O)N(CC)CC. The van der Waals surface area contributed by atoms with E-state index in [0.717, 1.165) is 19.6 Å². The van der Waals surface area contributed by atoms with Crippen molar-refractivity contribution in [2.45, 2.75) is 27.2 Å². The van der Waals surface area contributed by atoms with E-state index in [1.54, 1.807) is 0 Å². The third kappa shape index (κ3) is 4.34. The van der Waals surface area contributed by atoms with Crippen molar-refractivity contribution in [3.05, 3.63) is 0 Å². The van der Waals surface area contributed by atoms with Gasteiger partial charge in [0.1, 0.15) is 0 Å². The predicted octanol–water partition coefficient (Wildman–Crippen LogP) is 0.869. The fourth-order valence-corrected chi connectivity index (χ4v) is 1.07. The summed E-state index contributed by atoms with van der Waals surface area (Å²) in [5.74, 6) is 0.220. The van der Waals surface area contributed by atoms with Crippen molar-refractivity contribution in [1.29, 1.82) is 0 Å². The molecule has 0 saturated heterocycles. The lowest BCUT2D eigenvalue weighted by molar-refractivity contribution is -0.130. The normalized spacial score (nSPS) is 9.92. The molecule has 0 unspecified atom stereocenters. The van der Waals surface area contributed by atoms with Crippen LogP contribution < -0.4 is 5.32 Å². The van der Waals surface area contributed by atoms with Gasteiger partial charge in [-0.25, -0.2) is 5.32 Å². The molecular formula is C9H19N2O. The van der Waals surface area contributed by atoms with Crippen molar-refractivity contribution >= 4 is 5.91 Å². The van der Waals surface area contributed by atoms with Gasteiger partial charge in [0.15, 0.2) is 0 Å². The van der Waals surface area contributed by atoms with Crippen LogP contribution >= 0.6 is 0 Å². The van der Waals surface area contributed by atoms with E-state index in [0.29, 0.717) is 13.0 Å². The van der Waals surface area contributed by atoms with E-state index in [2.05, 4.69) is 5.32 Å². The molecule has 0 spiro atoms. The Balaban J connectivity index is 3.54. The maximum absolute atomic E-state index is 11.3. The molecule has 12 heavy (non-hydrogen) atoms. The van der Waals surface area contributed by atoms with Crippen molar-refractivity contribution < 1.29 is 4.79 Å². The Bertz CT molecular complexity index is 122. The molecule has 0 fully saturated rings. The van der Waals surface area contributed by atoms with Gasteiger partial charge >= 0.3 is 0 Å². The molecule has 3 nitrogen and oxygen atoms in total. The van der Waals surface area contributed by atoms with E-state index in [1.165, 1.54) is 0 Å². The maximum Gasteiger partial charge on any atom is 0.223 e. The highest BCUT2D eigenvalue weighted by atomic mass is 16.2. The van der Waals surface area contributed by atoms with Gasteiger partial charge in [0.2, 0.25) is 5.91 Å². The van der Waals surface area contributed by atoms with E-state index in [4.69, 9.17) is 0 Å². The van der Waals surface area contributed by atoms with Gasteiger partial charge in [-0.2, -0.15) is 0 Å². The quantitative estimate of drug-likeness (QED) is 0.546. The Morgan fingerprint density at radius 2 is 1.83 bits per heavy atom. The van der Waals surface area contributed by atoms with Gasteiger partial charge in [-0.15, -0.1) is 0 Å². The summed E-state index contributed by atoms with van der Waals surface area (Å²) in [6.45, 7) is 9.08. The molecule has 0 aliphatic heterocycles. The van der Waals surface area contributed by atoms with Gasteiger partial charge < -0.3 is 4.90 Å². The first-order chi connectivity index (χ1) is 5.76. The first kappa shape index (κ1) is 11.4. The van der Waals surface area contributed by atoms with Gasteiger partial charge in [-0.05, 0) is 13.8 Å². The Kier molecular flexibility index (Phi) is 6.76. The van der Waals surface area contributed by atoms with Crippen molar-refractivity contribution in [2.75, 3.05) is 26.2 Å². The molecule has 0 atom stereocenters. The average molecular weight is 171 g/mol. The van der Waals surface area contributed by atoms with Crippen LogP contribution in [-0.4, -0.2) is 37.0 Å². The number of carbonyl (C=O) groups excluding carboxylic acids is 1. The highest BCUT2D eigenvalue weighted by molar-refractivity contribution is 5.76. The van der Waals surface area contributed by atoms with Gasteiger partial charge in [-0.3, -0.25) is 4.79 Å². The van der Waals surface area contributed by atoms with Gasteiger partial charge in [0.05, 0.1) is 0 Å². The van der Waals surface area contributed by atoms with Crippen LogP contribution in [0.3, 0.4) is 0 Å². The second-order valence-electron chi connectivity index (χ2n) is 2.58. The topological polar surface area (TPSA) is 34.4 Å². The second kappa shape index (κ2) is 7.10. The number of carbonyl (C=O) groups is 1. The number of hydrogen-bond acceptors (Lipinski definition) is 1. The summed E-state index contributed by atoms with van der Waals surface area (Å²) in [6.07, 6.45) is 0.565. The Morgan fingerprint density at radius 1 is 1.25 bits per heavy atom. The third-order valence-electron chi connectivity index (χ3n) is 1.82. The van der Waals surface area contributed by atoms with Crippen LogP contribution in [0.4, 0.5) is 0 Å². The molecule has 0 heterocycles. The summed E-state index contributed by atoms with van der Waals surface area (Å²) in [7, 11) is 0. The van der Waals surface area contributed by atoms with Crippen LogP contribution in [0.5, 0.6) is 0 Å². The molecule has 0 aliphatic carbocycles. The van der Waals surface area contributed by atoms with Gasteiger partial charge in [0.25, 0.3) is 0 Å². The molecule has 0 saturated carbocycles. The Morgan fingerprint density at radius 3 is 2.25 bits per heavy atom. The largest absolute Gasteiger partial charge is 0.343 e. The molecule has 0 aromatic carbocycles. The summed E-state index contributed by atoms with van der Waals surface area (Å²) in [5, 5.41) is 4.12. The molecule has 1 amide bonds. The number of rotatable bonds is 6. The van der Waals surface area contributed by atoms with Gasteiger partial charge in [0, 0.05) is 32.6 Å². The molecule has 0 N–H and O–H groups in total. The zero-order chi connectivity index (χ0) is 9.40. The molecule has 1 radical (unpaired) electrons. The molecular weight excluding hydrogens is 152 g/mol. The molecule has 0 aromatic rings. The Hall–Kier alpha value is -0.570. The van der Waals surface area contributed by atoms with Crippen LogP contribution in [-0.2, 0) is 4.79 Å². The van der Waals surface area contributed by atoms with Crippen LogP contribution in [0.2, 0.25) is 0 Å². The van der Waals surface area contributed by atoms with Crippen molar-refractivity contribution in [3.8, 4) is 0 Å². The summed E-state index contributed by atoms with van der Waals surface area (Å²) in [4.78, 5) is 13.2. The van der Waals surface area contributed by atoms with Crippen molar-refractivity contribution in [1.82, 2.24) is 10.2 Å². The summed E-state index contributed by atoms with van der Waals surface area (Å²) >= 11 is 0. The summed E-state index contributed by atoms with van der Waals surface area (Å²) < 4.78 is 0. The van der Waals surface area contributed by atoms with E-state index in [1.807, 2.05) is 25.7 Å². The van der Waals surface area contributed by atoms with E-state index >= 15 is 0 Å². The fraction of sp³-hybridized carbons (Fsp3) is 0.889. The highest BCUT2D eigenvalue weighted by Gasteiger charge is 2.07. The summed E-state index contributed by atoms with van der Waals surface area (Å²) in [6, 6.07) is 0. The lowest BCUT2D eigenvalue weighted by Crippen LogP contribution is -2.31. The number of hydrogen-bond donors (Lipinski definition) is 0. The molecule has 0 aromatic heterocycles. The van der Waals surface area contributed by atoms with Crippen LogP contribution in [0.25, 0.3) is 0 Å². The molecule has 71 valence electrons. The first-order valence-electron chi connectivity index (χ1n) is 4.67. The smallest absolute Gasteiger partial charge is 0.223 e. The van der Waals surface area contributed by atoms with Crippen LogP contribution in [0.15, 0.2) is 0 Å². The minimum atomic E-state index is 0.220. The van der Waals surface area contributed by atoms with Crippen LogP contribution in [0, 0.1) is 0 Å². The van der Waals surface area contributed by atoms with Gasteiger partial charge in [-0.1, -0.05) is 6.92 Å². The number of nitrogens with zero attached hydrogens (tertiary/aromatic N) is 2. The van der Waals surface area contributed by atoms with E-state index in [-0.39, 0.29) is 5.91 Å². The highest BCUT2D eigenvalue weighted by Crippen LogP contribution is 1.92. The number of amides is 1. The lowest BCUT2D eigenvalue weighted by Gasteiger charge is -2.18. The molecule has 3 heteroatoms. The predicted molar refractivity (Wildman–Crippen MR) is 50.1 cm³/mol. The molecule has 0 rings (SSSR count). The average Bonchev–Trinajstić information content (AvgIpc) is 2.07. The second-order valence-corrected chi connectivity index (χ2v) is 2.58. The molecule has 0 bridgehead atoms. The van der Waals surface area contributed by atoms with E-state index < -0.39 is 0 Å². The fourth-order valence-electron chi connectivity index (χ4n) is 1.07. The van der Waals surface area contributed by atoms with Crippen molar-refractivity contribution in [2.24, 2.45) is 0 Å². The first-order valence-corrected chi connectivity index (χ1v) is 4.67. The lowest BCUT2D eigenvalue weighted by atomic mass is 10.3. The third-order valence-corrected chi connectivity index (χ3v) is 1.82. The Labute approximate surface area is 75.1 Å². The monoisotopic (exact) mass is 171 g/mol. The minimum absolute atomic E-state index is 0.220. The van der Waals surface area contributed by atoms with Crippen LogP contribution in [0.1, 0.15) is 27.2 Å². The standard InChI is InChI=1S/C9H19N2O/c1-4-10-8-7-9(12)11(5-2)6-3/h4-8H2,1-3H3. The summed E-state index contributed by atoms with van der Waals surface area (Å²) in [5.41, 5.74) is 0. The van der Waals surface area contributed by atoms with E-state index in [9.17, 15) is 4.79 Å². The van der Waals surface area contributed by atoms with Crippen molar-refractivity contribution in [3.63, 3.8) is 0 Å². The zero-order valence-electron chi connectivity index (χ0n) is 8.34.